The molecule has 1 N–H and O–H groups in total. The van der Waals surface area contributed by atoms with Gasteiger partial charge in [-0.15, -0.1) is 0 Å². The Morgan fingerprint density at radius 1 is 1.53 bits per heavy atom. The first-order chi connectivity index (χ1) is 8.11. The van der Waals surface area contributed by atoms with Crippen LogP contribution in [0.5, 0.6) is 0 Å². The number of hydrogen-bond donors (Lipinski definition) is 1. The minimum absolute atomic E-state index is 0.0204. The highest BCUT2D eigenvalue weighted by Gasteiger charge is 2.26. The van der Waals surface area contributed by atoms with Crippen LogP contribution >= 0.6 is 27.5 Å². The summed E-state index contributed by atoms with van der Waals surface area (Å²) < 4.78 is 0.799. The summed E-state index contributed by atoms with van der Waals surface area (Å²) >= 11 is 9.27. The SMILES string of the molecule is CCCC1N=C(c2ccc(Cl)c(Br)c2)NC1=O. The van der Waals surface area contributed by atoms with Crippen molar-refractivity contribution in [2.45, 2.75) is 25.8 Å². The molecule has 0 aliphatic carbocycles. The van der Waals surface area contributed by atoms with Crippen LogP contribution in [-0.4, -0.2) is 17.8 Å². The molecule has 1 atom stereocenters. The molecule has 0 saturated carbocycles. The molecule has 5 heteroatoms. The van der Waals surface area contributed by atoms with Crippen molar-refractivity contribution in [1.82, 2.24) is 5.32 Å². The van der Waals surface area contributed by atoms with Gasteiger partial charge in [-0.1, -0.05) is 24.9 Å². The number of amidine groups is 1. The van der Waals surface area contributed by atoms with Crippen molar-refractivity contribution < 1.29 is 4.79 Å². The predicted molar refractivity (Wildman–Crippen MR) is 72.5 cm³/mol. The Kier molecular flexibility index (Phi) is 3.84. The first-order valence-electron chi connectivity index (χ1n) is 5.46. The van der Waals surface area contributed by atoms with Crippen molar-refractivity contribution >= 4 is 39.3 Å². The van der Waals surface area contributed by atoms with E-state index in [0.717, 1.165) is 22.9 Å². The number of carbonyl (C=O) groups excluding carboxylic acids is 1. The second kappa shape index (κ2) is 5.19. The highest BCUT2D eigenvalue weighted by molar-refractivity contribution is 9.10. The van der Waals surface area contributed by atoms with Gasteiger partial charge in [0.2, 0.25) is 5.91 Å². The van der Waals surface area contributed by atoms with Crippen LogP contribution in [0.15, 0.2) is 27.7 Å². The van der Waals surface area contributed by atoms with Gasteiger partial charge in [0.15, 0.2) is 0 Å². The summed E-state index contributed by atoms with van der Waals surface area (Å²) in [5.41, 5.74) is 0.869. The molecule has 17 heavy (non-hydrogen) atoms. The Hall–Kier alpha value is -0.870. The molecule has 0 bridgehead atoms. The average molecular weight is 316 g/mol. The number of nitrogens with one attached hydrogen (secondary N) is 1. The lowest BCUT2D eigenvalue weighted by Gasteiger charge is -2.02. The molecule has 1 aromatic carbocycles. The zero-order valence-corrected chi connectivity index (χ0v) is 11.7. The van der Waals surface area contributed by atoms with Gasteiger partial charge in [-0.3, -0.25) is 9.79 Å². The number of hydrogen-bond acceptors (Lipinski definition) is 2. The van der Waals surface area contributed by atoms with Crippen LogP contribution in [0.2, 0.25) is 5.02 Å². The van der Waals surface area contributed by atoms with Gasteiger partial charge in [0.05, 0.1) is 5.02 Å². The molecule has 1 heterocycles. The second-order valence-electron chi connectivity index (χ2n) is 3.90. The highest BCUT2D eigenvalue weighted by Crippen LogP contribution is 2.24. The lowest BCUT2D eigenvalue weighted by atomic mass is 10.2. The zero-order valence-electron chi connectivity index (χ0n) is 9.34. The number of rotatable bonds is 3. The summed E-state index contributed by atoms with van der Waals surface area (Å²) in [5, 5.41) is 3.44. The largest absolute Gasteiger partial charge is 0.309 e. The van der Waals surface area contributed by atoms with Crippen molar-refractivity contribution in [3.63, 3.8) is 0 Å². The fourth-order valence-electron chi connectivity index (χ4n) is 1.71. The number of carbonyl (C=O) groups is 1. The van der Waals surface area contributed by atoms with E-state index in [4.69, 9.17) is 11.6 Å². The van der Waals surface area contributed by atoms with Gasteiger partial charge in [0, 0.05) is 10.0 Å². The molecule has 1 aromatic rings. The topological polar surface area (TPSA) is 41.5 Å². The molecule has 0 aromatic heterocycles. The first-order valence-corrected chi connectivity index (χ1v) is 6.63. The quantitative estimate of drug-likeness (QED) is 0.914. The minimum Gasteiger partial charge on any atom is -0.309 e. The molecule has 1 aliphatic heterocycles. The number of benzene rings is 1. The van der Waals surface area contributed by atoms with E-state index in [2.05, 4.69) is 26.2 Å². The summed E-state index contributed by atoms with van der Waals surface area (Å²) in [6.45, 7) is 2.04. The first kappa shape index (κ1) is 12.6. The Bertz CT molecular complexity index is 487. The number of aliphatic imine (C=N–C) groups is 1. The van der Waals surface area contributed by atoms with Crippen molar-refractivity contribution in [2.24, 2.45) is 4.99 Å². The monoisotopic (exact) mass is 314 g/mol. The molecule has 90 valence electrons. The lowest BCUT2D eigenvalue weighted by molar-refractivity contribution is -0.120. The summed E-state index contributed by atoms with van der Waals surface area (Å²) in [5.74, 6) is 0.610. The van der Waals surface area contributed by atoms with Crippen LogP contribution in [0.3, 0.4) is 0 Å². The maximum atomic E-state index is 11.6. The third kappa shape index (κ3) is 2.69. The molecule has 0 fully saturated rings. The third-order valence-corrected chi connectivity index (χ3v) is 3.80. The van der Waals surface area contributed by atoms with E-state index in [1.165, 1.54) is 0 Å². The van der Waals surface area contributed by atoms with Crippen molar-refractivity contribution in [2.75, 3.05) is 0 Å². The smallest absolute Gasteiger partial charge is 0.250 e. The van der Waals surface area contributed by atoms with E-state index in [0.29, 0.717) is 10.9 Å². The lowest BCUT2D eigenvalue weighted by Crippen LogP contribution is -2.29. The van der Waals surface area contributed by atoms with Crippen LogP contribution < -0.4 is 5.32 Å². The molecule has 0 spiro atoms. The van der Waals surface area contributed by atoms with Gasteiger partial charge in [-0.05, 0) is 40.5 Å². The van der Waals surface area contributed by atoms with Crippen LogP contribution in [0, 0.1) is 0 Å². The van der Waals surface area contributed by atoms with Crippen LogP contribution in [0.25, 0.3) is 0 Å². The zero-order chi connectivity index (χ0) is 12.4. The Balaban J connectivity index is 2.26. The number of halogens is 2. The third-order valence-electron chi connectivity index (χ3n) is 2.58. The average Bonchev–Trinajstić information content (AvgIpc) is 2.65. The summed E-state index contributed by atoms with van der Waals surface area (Å²) in [6.07, 6.45) is 1.73. The molecule has 3 nitrogen and oxygen atoms in total. The van der Waals surface area contributed by atoms with Gasteiger partial charge < -0.3 is 5.32 Å². The fourth-order valence-corrected chi connectivity index (χ4v) is 2.20. The van der Waals surface area contributed by atoms with E-state index in [1.54, 1.807) is 6.07 Å². The molecule has 0 saturated heterocycles. The summed E-state index contributed by atoms with van der Waals surface area (Å²) in [6, 6.07) is 5.24. The molecule has 1 amide bonds. The Morgan fingerprint density at radius 3 is 2.94 bits per heavy atom. The van der Waals surface area contributed by atoms with Crippen molar-refractivity contribution in [1.29, 1.82) is 0 Å². The number of amides is 1. The van der Waals surface area contributed by atoms with E-state index in [1.807, 2.05) is 19.1 Å². The predicted octanol–water partition coefficient (Wildman–Crippen LogP) is 3.15. The fraction of sp³-hybridized carbons (Fsp3) is 0.333. The molecular formula is C12H12BrClN2O. The van der Waals surface area contributed by atoms with E-state index >= 15 is 0 Å². The standard InChI is InChI=1S/C12H12BrClN2O/c1-2-3-10-12(17)16-11(15-10)7-4-5-9(14)8(13)6-7/h4-6,10H,2-3H2,1H3,(H,15,16,17). The maximum absolute atomic E-state index is 11.6. The van der Waals surface area contributed by atoms with Gasteiger partial charge in [0.25, 0.3) is 0 Å². The van der Waals surface area contributed by atoms with Crippen molar-refractivity contribution in [3.8, 4) is 0 Å². The van der Waals surface area contributed by atoms with Gasteiger partial charge in [0.1, 0.15) is 11.9 Å². The van der Waals surface area contributed by atoms with Gasteiger partial charge in [-0.25, -0.2) is 0 Å². The van der Waals surface area contributed by atoms with Crippen molar-refractivity contribution in [3.05, 3.63) is 33.3 Å². The van der Waals surface area contributed by atoms with E-state index < -0.39 is 0 Å². The van der Waals surface area contributed by atoms with Crippen LogP contribution in [0.4, 0.5) is 0 Å². The normalized spacial score (nSPS) is 19.1. The van der Waals surface area contributed by atoms with E-state index in [9.17, 15) is 4.79 Å². The minimum atomic E-state index is -0.246. The highest BCUT2D eigenvalue weighted by atomic mass is 79.9. The molecule has 0 radical (unpaired) electrons. The summed E-state index contributed by atoms with van der Waals surface area (Å²) in [7, 11) is 0. The Labute approximate surface area is 113 Å². The van der Waals surface area contributed by atoms with Gasteiger partial charge >= 0.3 is 0 Å². The summed E-state index contributed by atoms with van der Waals surface area (Å²) in [4.78, 5) is 16.0. The molecule has 1 aliphatic rings. The second-order valence-corrected chi connectivity index (χ2v) is 5.16. The molecule has 1 unspecified atom stereocenters. The molecular weight excluding hydrogens is 304 g/mol. The Morgan fingerprint density at radius 2 is 2.29 bits per heavy atom. The number of nitrogens with zero attached hydrogens (tertiary/aromatic N) is 1. The van der Waals surface area contributed by atoms with Crippen LogP contribution in [0.1, 0.15) is 25.3 Å². The molecule has 2 rings (SSSR count). The van der Waals surface area contributed by atoms with Crippen LogP contribution in [-0.2, 0) is 4.79 Å². The van der Waals surface area contributed by atoms with Gasteiger partial charge in [-0.2, -0.15) is 0 Å². The maximum Gasteiger partial charge on any atom is 0.250 e. The van der Waals surface area contributed by atoms with E-state index in [-0.39, 0.29) is 11.9 Å².